The minimum Gasteiger partial charge on any atom is -0.389 e. The molecule has 9 heteroatoms. The normalized spacial score (nSPS) is 13.6. The van der Waals surface area contributed by atoms with Crippen molar-refractivity contribution >= 4 is 23.1 Å². The summed E-state index contributed by atoms with van der Waals surface area (Å²) in [4.78, 5) is 5.29. The standard InChI is InChI=1S/C12H19F3N2O2S2/c1-9-11(20-8-17-9)2-4-19-7-10(18)6-16-3-5-21-12(13,14)15/h8,10,16,18H,2-7H2,1H3. The number of thioether (sulfide) groups is 1. The Morgan fingerprint density at radius 3 is 2.90 bits per heavy atom. The average Bonchev–Trinajstić information content (AvgIpc) is 2.78. The molecule has 0 aliphatic carbocycles. The molecule has 1 heterocycles. The van der Waals surface area contributed by atoms with Crippen molar-refractivity contribution in [3.8, 4) is 0 Å². The molecule has 0 aliphatic heterocycles. The van der Waals surface area contributed by atoms with Gasteiger partial charge in [0.05, 0.1) is 30.5 Å². The van der Waals surface area contributed by atoms with Gasteiger partial charge in [-0.1, -0.05) is 0 Å². The van der Waals surface area contributed by atoms with Crippen LogP contribution in [0.25, 0.3) is 0 Å². The molecule has 0 amide bonds. The molecular formula is C12H19F3N2O2S2. The third-order valence-electron chi connectivity index (χ3n) is 2.55. The minimum atomic E-state index is -4.20. The van der Waals surface area contributed by atoms with Gasteiger partial charge in [0.2, 0.25) is 0 Å². The molecule has 0 bridgehead atoms. The highest BCUT2D eigenvalue weighted by molar-refractivity contribution is 8.00. The van der Waals surface area contributed by atoms with Crippen LogP contribution in [0.1, 0.15) is 10.6 Å². The van der Waals surface area contributed by atoms with Gasteiger partial charge >= 0.3 is 5.51 Å². The predicted octanol–water partition coefficient (Wildman–Crippen LogP) is 2.21. The van der Waals surface area contributed by atoms with Crippen molar-refractivity contribution in [3.63, 3.8) is 0 Å². The van der Waals surface area contributed by atoms with Crippen LogP contribution >= 0.6 is 23.1 Å². The quantitative estimate of drug-likeness (QED) is 0.638. The Kier molecular flexibility index (Phi) is 8.57. The van der Waals surface area contributed by atoms with Gasteiger partial charge in [-0.2, -0.15) is 13.2 Å². The summed E-state index contributed by atoms with van der Waals surface area (Å²) >= 11 is 1.50. The second kappa shape index (κ2) is 9.62. The molecule has 0 radical (unpaired) electrons. The largest absolute Gasteiger partial charge is 0.441 e. The van der Waals surface area contributed by atoms with Crippen molar-refractivity contribution in [2.75, 3.05) is 32.1 Å². The van der Waals surface area contributed by atoms with Crippen molar-refractivity contribution in [3.05, 3.63) is 16.1 Å². The van der Waals surface area contributed by atoms with E-state index in [1.54, 1.807) is 16.8 Å². The molecule has 0 aromatic carbocycles. The molecule has 0 saturated heterocycles. The summed E-state index contributed by atoms with van der Waals surface area (Å²) in [5, 5.41) is 12.4. The van der Waals surface area contributed by atoms with E-state index in [9.17, 15) is 18.3 Å². The van der Waals surface area contributed by atoms with Crippen LogP contribution in [0.4, 0.5) is 13.2 Å². The Bertz CT molecular complexity index is 402. The fraction of sp³-hybridized carbons (Fsp3) is 0.750. The van der Waals surface area contributed by atoms with E-state index in [0.29, 0.717) is 6.61 Å². The first-order valence-electron chi connectivity index (χ1n) is 6.44. The number of ether oxygens (including phenoxy) is 1. The summed E-state index contributed by atoms with van der Waals surface area (Å²) in [7, 11) is 0. The van der Waals surface area contributed by atoms with Crippen LogP contribution in [0.2, 0.25) is 0 Å². The van der Waals surface area contributed by atoms with Crippen molar-refractivity contribution in [1.82, 2.24) is 10.3 Å². The van der Waals surface area contributed by atoms with Crippen LogP contribution in [-0.2, 0) is 11.2 Å². The number of aliphatic hydroxyl groups excluding tert-OH is 1. The Hall–Kier alpha value is -0.350. The van der Waals surface area contributed by atoms with Crippen LogP contribution in [0.3, 0.4) is 0 Å². The number of halogens is 3. The van der Waals surface area contributed by atoms with E-state index >= 15 is 0 Å². The molecule has 122 valence electrons. The van der Waals surface area contributed by atoms with Gasteiger partial charge in [0, 0.05) is 30.1 Å². The number of alkyl halides is 3. The monoisotopic (exact) mass is 344 g/mol. The minimum absolute atomic E-state index is 0.0677. The lowest BCUT2D eigenvalue weighted by molar-refractivity contribution is -0.0327. The summed E-state index contributed by atoms with van der Waals surface area (Å²) in [5.41, 5.74) is -1.42. The van der Waals surface area contributed by atoms with Gasteiger partial charge in [0.1, 0.15) is 0 Å². The van der Waals surface area contributed by atoms with E-state index in [0.717, 1.165) is 17.0 Å². The molecule has 2 N–H and O–H groups in total. The fourth-order valence-electron chi connectivity index (χ4n) is 1.52. The predicted molar refractivity (Wildman–Crippen MR) is 78.8 cm³/mol. The highest BCUT2D eigenvalue weighted by Gasteiger charge is 2.27. The number of rotatable bonds is 10. The van der Waals surface area contributed by atoms with Gasteiger partial charge in [0.25, 0.3) is 0 Å². The number of thiazole rings is 1. The maximum absolute atomic E-state index is 11.9. The van der Waals surface area contributed by atoms with Crippen LogP contribution < -0.4 is 5.32 Å². The molecule has 1 aromatic rings. The van der Waals surface area contributed by atoms with E-state index in [2.05, 4.69) is 10.3 Å². The lowest BCUT2D eigenvalue weighted by Gasteiger charge is -2.12. The SMILES string of the molecule is Cc1ncsc1CCOCC(O)CNCCSC(F)(F)F. The fourth-order valence-corrected chi connectivity index (χ4v) is 2.76. The zero-order valence-corrected chi connectivity index (χ0v) is 13.3. The van der Waals surface area contributed by atoms with Crippen molar-refractivity contribution in [2.24, 2.45) is 0 Å². The number of aryl methyl sites for hydroxylation is 1. The molecule has 0 fully saturated rings. The first-order valence-corrected chi connectivity index (χ1v) is 8.31. The van der Waals surface area contributed by atoms with Gasteiger partial charge in [-0.15, -0.1) is 11.3 Å². The first-order chi connectivity index (χ1) is 9.88. The number of hydrogen-bond acceptors (Lipinski definition) is 6. The zero-order valence-electron chi connectivity index (χ0n) is 11.7. The van der Waals surface area contributed by atoms with E-state index in [1.807, 2.05) is 6.92 Å². The average molecular weight is 344 g/mol. The summed E-state index contributed by atoms with van der Waals surface area (Å²) in [5.74, 6) is -0.0677. The molecule has 21 heavy (non-hydrogen) atoms. The van der Waals surface area contributed by atoms with Crippen LogP contribution in [0.15, 0.2) is 5.51 Å². The number of aliphatic hydroxyl groups is 1. The molecule has 0 spiro atoms. The Labute approximate surface area is 130 Å². The molecule has 0 aliphatic rings. The third-order valence-corrected chi connectivity index (χ3v) is 4.28. The summed E-state index contributed by atoms with van der Waals surface area (Å²) in [6.45, 7) is 3.00. The Balaban J connectivity index is 1.96. The van der Waals surface area contributed by atoms with E-state index in [-0.39, 0.29) is 37.2 Å². The number of nitrogens with zero attached hydrogens (tertiary/aromatic N) is 1. The van der Waals surface area contributed by atoms with E-state index in [4.69, 9.17) is 4.74 Å². The van der Waals surface area contributed by atoms with E-state index < -0.39 is 11.6 Å². The molecule has 1 atom stereocenters. The molecule has 0 saturated carbocycles. The van der Waals surface area contributed by atoms with Crippen molar-refractivity contribution < 1.29 is 23.0 Å². The van der Waals surface area contributed by atoms with Crippen molar-refractivity contribution in [2.45, 2.75) is 25.0 Å². The maximum atomic E-state index is 11.9. The molecule has 4 nitrogen and oxygen atoms in total. The van der Waals surface area contributed by atoms with E-state index in [1.165, 1.54) is 0 Å². The van der Waals surface area contributed by atoms with Crippen LogP contribution in [-0.4, -0.2) is 53.8 Å². The smallest absolute Gasteiger partial charge is 0.389 e. The number of hydrogen-bond donors (Lipinski definition) is 2. The number of nitrogens with one attached hydrogen (secondary N) is 1. The summed E-state index contributed by atoms with van der Waals surface area (Å²) in [6.07, 6.45) is 0.0298. The van der Waals surface area contributed by atoms with Gasteiger partial charge in [-0.25, -0.2) is 4.98 Å². The van der Waals surface area contributed by atoms with Crippen LogP contribution in [0, 0.1) is 6.92 Å². The highest BCUT2D eigenvalue weighted by Crippen LogP contribution is 2.29. The molecule has 1 unspecified atom stereocenters. The second-order valence-electron chi connectivity index (χ2n) is 4.34. The molecule has 1 aromatic heterocycles. The zero-order chi connectivity index (χ0) is 15.7. The van der Waals surface area contributed by atoms with Crippen molar-refractivity contribution in [1.29, 1.82) is 0 Å². The van der Waals surface area contributed by atoms with Gasteiger partial charge in [-0.3, -0.25) is 0 Å². The van der Waals surface area contributed by atoms with Crippen LogP contribution in [0.5, 0.6) is 0 Å². The van der Waals surface area contributed by atoms with Gasteiger partial charge in [0.15, 0.2) is 0 Å². The lowest BCUT2D eigenvalue weighted by atomic mass is 10.3. The van der Waals surface area contributed by atoms with Gasteiger partial charge < -0.3 is 15.2 Å². The topological polar surface area (TPSA) is 54.4 Å². The summed E-state index contributed by atoms with van der Waals surface area (Å²) < 4.78 is 40.9. The molecular weight excluding hydrogens is 325 g/mol. The number of aromatic nitrogens is 1. The Morgan fingerprint density at radius 1 is 1.52 bits per heavy atom. The first kappa shape index (κ1) is 18.7. The maximum Gasteiger partial charge on any atom is 0.441 e. The molecule has 1 rings (SSSR count). The summed E-state index contributed by atoms with van der Waals surface area (Å²) in [6, 6.07) is 0. The third kappa shape index (κ3) is 9.30. The highest BCUT2D eigenvalue weighted by atomic mass is 32.2. The Morgan fingerprint density at radius 2 is 2.29 bits per heavy atom. The second-order valence-corrected chi connectivity index (χ2v) is 6.44. The lowest BCUT2D eigenvalue weighted by Crippen LogP contribution is -2.32. The van der Waals surface area contributed by atoms with Gasteiger partial charge in [-0.05, 0) is 18.7 Å².